The molecule has 5 aliphatic rings. The van der Waals surface area contributed by atoms with E-state index in [9.17, 15) is 28.4 Å². The predicted octanol–water partition coefficient (Wildman–Crippen LogP) is 6.51. The third-order valence-electron chi connectivity index (χ3n) is 15.7. The summed E-state index contributed by atoms with van der Waals surface area (Å²) in [6.45, 7) is 11.3. The topological polar surface area (TPSA) is 175 Å². The van der Waals surface area contributed by atoms with Gasteiger partial charge in [0.05, 0.1) is 52.1 Å². The number of nitrogens with zero attached hydrogens (tertiary/aromatic N) is 8. The number of amides is 4. The summed E-state index contributed by atoms with van der Waals surface area (Å²) >= 11 is 6.73. The van der Waals surface area contributed by atoms with E-state index in [1.165, 1.54) is 37.8 Å². The fourth-order valence-electron chi connectivity index (χ4n) is 11.6. The highest BCUT2D eigenvalue weighted by atomic mass is 35.5. The molecule has 6 bridgehead atoms. The zero-order chi connectivity index (χ0) is 54.6. The molecule has 23 heteroatoms. The highest BCUT2D eigenvalue weighted by Crippen LogP contribution is 2.45. The van der Waals surface area contributed by atoms with Crippen LogP contribution in [0.25, 0.3) is 33.4 Å². The molecule has 4 saturated heterocycles. The second-order valence-corrected chi connectivity index (χ2v) is 23.6. The van der Waals surface area contributed by atoms with Crippen LogP contribution in [0.1, 0.15) is 82.7 Å². The average Bonchev–Trinajstić information content (AvgIpc) is 4.17. The summed E-state index contributed by atoms with van der Waals surface area (Å²) in [5.41, 5.74) is 3.04. The molecule has 4 amide bonds. The van der Waals surface area contributed by atoms with Crippen molar-refractivity contribution in [2.45, 2.75) is 116 Å². The number of hydrogen-bond acceptors (Lipinski definition) is 13. The summed E-state index contributed by atoms with van der Waals surface area (Å²) < 4.78 is 72.2. The van der Waals surface area contributed by atoms with Gasteiger partial charge in [0.25, 0.3) is 17.4 Å². The minimum absolute atomic E-state index is 0.0259. The van der Waals surface area contributed by atoms with Gasteiger partial charge < -0.3 is 39.0 Å². The number of methoxy groups -OCH3 is 1. The van der Waals surface area contributed by atoms with Gasteiger partial charge in [-0.15, -0.1) is 11.3 Å². The number of halogens is 5. The van der Waals surface area contributed by atoms with Crippen molar-refractivity contribution in [3.8, 4) is 22.5 Å². The molecular formula is C53H67ClF4N10O7S. The summed E-state index contributed by atoms with van der Waals surface area (Å²) in [5.74, 6) is -3.43. The number of thiazole rings is 1. The Hall–Kier alpha value is -5.42. The van der Waals surface area contributed by atoms with Gasteiger partial charge in [-0.1, -0.05) is 45.4 Å². The van der Waals surface area contributed by atoms with E-state index >= 15 is 13.2 Å². The Morgan fingerprint density at radius 1 is 1.04 bits per heavy atom. The second kappa shape index (κ2) is 21.8. The molecule has 0 radical (unpaired) electrons. The maximum Gasteiger partial charge on any atom is 0.406 e. The minimum Gasteiger partial charge on any atom is -0.464 e. The van der Waals surface area contributed by atoms with Gasteiger partial charge in [0.2, 0.25) is 11.8 Å². The lowest BCUT2D eigenvalue weighted by Gasteiger charge is -2.36. The molecule has 4 fully saturated rings. The van der Waals surface area contributed by atoms with Gasteiger partial charge in [-0.05, 0) is 75.8 Å². The standard InChI is InChI=1S/C53H67ClF4N10O7S/c1-30(2)43(66-16-13-52(50(66)73)12-15-65(27-52)48(71)45(54)55)46(69)61-38-23-41-60-39(26-76-41)32-10-11-40-34(21-32)36(24-51(4,5)29-75-49(72)37-9-8-14-68(62-37)47(38)70)44(67(40)28-53(56,57)58)35-22-33(25-59-42(35)31(3)74-7)64-19-17-63(6)18-20-64/h10-11,21-22,25-26,30-31,37-38,43,45,62H,8-9,12-20,23-24,27-29H2,1-7H3,(H,61,69)/t31-,37-,38-,43-,45-,52+/m0/s1. The van der Waals surface area contributed by atoms with Crippen LogP contribution in [0.4, 0.5) is 23.2 Å². The Bertz CT molecular complexity index is 2870. The highest BCUT2D eigenvalue weighted by molar-refractivity contribution is 7.10. The molecule has 2 N–H and O–H groups in total. The fourth-order valence-corrected chi connectivity index (χ4v) is 12.6. The van der Waals surface area contributed by atoms with Crippen molar-refractivity contribution in [3.05, 3.63) is 52.1 Å². The van der Waals surface area contributed by atoms with Crippen LogP contribution in [0.3, 0.4) is 0 Å². The molecule has 8 heterocycles. The number of nitrogens with one attached hydrogen (secondary N) is 2. The molecule has 9 rings (SSSR count). The van der Waals surface area contributed by atoms with Crippen molar-refractivity contribution in [3.63, 3.8) is 0 Å². The normalized spacial score (nSPS) is 24.1. The molecular weight excluding hydrogens is 1030 g/mol. The number of rotatable bonds is 10. The van der Waals surface area contributed by atoms with Crippen LogP contribution in [0.5, 0.6) is 0 Å². The third kappa shape index (κ3) is 11.3. The van der Waals surface area contributed by atoms with Crippen molar-refractivity contribution in [2.75, 3.05) is 78.0 Å². The highest BCUT2D eigenvalue weighted by Gasteiger charge is 2.55. The number of fused-ring (bicyclic) bond motifs is 6. The van der Waals surface area contributed by atoms with Crippen LogP contribution in [0.2, 0.25) is 0 Å². The quantitative estimate of drug-likeness (QED) is 0.100. The third-order valence-corrected chi connectivity index (χ3v) is 16.8. The number of esters is 1. The summed E-state index contributed by atoms with van der Waals surface area (Å²) in [5, 5.41) is 7.09. The fraction of sp³-hybridized carbons (Fsp3) is 0.604. The van der Waals surface area contributed by atoms with E-state index in [1.54, 1.807) is 37.6 Å². The van der Waals surface area contributed by atoms with Crippen molar-refractivity contribution in [1.82, 2.24) is 45.0 Å². The zero-order valence-electron chi connectivity index (χ0n) is 44.0. The maximum atomic E-state index is 15.0. The molecule has 412 valence electrons. The van der Waals surface area contributed by atoms with E-state index in [0.29, 0.717) is 82.0 Å². The molecule has 1 spiro atoms. The maximum absolute atomic E-state index is 15.0. The van der Waals surface area contributed by atoms with Crippen LogP contribution >= 0.6 is 22.9 Å². The molecule has 6 atom stereocenters. The molecule has 76 heavy (non-hydrogen) atoms. The van der Waals surface area contributed by atoms with Gasteiger partial charge in [-0.2, -0.15) is 13.2 Å². The number of aromatic nitrogens is 3. The monoisotopic (exact) mass is 1100 g/mol. The second-order valence-electron chi connectivity index (χ2n) is 22.2. The zero-order valence-corrected chi connectivity index (χ0v) is 45.5. The molecule has 17 nitrogen and oxygen atoms in total. The number of pyridine rings is 1. The number of ether oxygens (including phenoxy) is 2. The first-order valence-electron chi connectivity index (χ1n) is 26.0. The van der Waals surface area contributed by atoms with Crippen LogP contribution in [0, 0.1) is 16.7 Å². The number of cyclic esters (lactones) is 1. The minimum atomic E-state index is -4.63. The Morgan fingerprint density at radius 2 is 1.78 bits per heavy atom. The van der Waals surface area contributed by atoms with Gasteiger partial charge in [-0.25, -0.2) is 14.8 Å². The van der Waals surface area contributed by atoms with Gasteiger partial charge in [0.1, 0.15) is 24.7 Å². The predicted molar refractivity (Wildman–Crippen MR) is 279 cm³/mol. The van der Waals surface area contributed by atoms with E-state index in [4.69, 9.17) is 31.0 Å². The smallest absolute Gasteiger partial charge is 0.406 e. The first kappa shape index (κ1) is 55.3. The van der Waals surface area contributed by atoms with E-state index in [0.717, 1.165) is 18.8 Å². The largest absolute Gasteiger partial charge is 0.464 e. The molecule has 0 saturated carbocycles. The van der Waals surface area contributed by atoms with Crippen LogP contribution < -0.4 is 15.6 Å². The summed E-state index contributed by atoms with van der Waals surface area (Å²) in [6.07, 6.45) is -2.02. The number of hydrogen-bond donors (Lipinski definition) is 2. The van der Waals surface area contributed by atoms with Crippen molar-refractivity contribution in [1.29, 1.82) is 0 Å². The lowest BCUT2D eigenvalue weighted by Crippen LogP contribution is -2.62. The molecule has 4 aromatic rings. The number of likely N-dealkylation sites (tertiary alicyclic amines) is 2. The Morgan fingerprint density at radius 3 is 2.47 bits per heavy atom. The number of alkyl halides is 5. The lowest BCUT2D eigenvalue weighted by atomic mass is 9.84. The number of carbonyl (C=O) groups excluding carboxylic acids is 5. The first-order valence-corrected chi connectivity index (χ1v) is 27.3. The molecule has 3 aromatic heterocycles. The number of benzene rings is 1. The SMILES string of the molecule is CO[C@@H](C)c1ncc(N2CCN(C)CC2)cc1-c1c2c3cc(ccc3n1CC(F)(F)F)-c1csc(n1)C[C@H](NC(=O)[C@H](C(C)C)N1CC[C@@]3(CCN(C(=O)[C@H](F)Cl)C3)C1=O)C(=O)N1CCC[C@H](N1)C(=O)OCC(C)(C)C2. The number of anilines is 1. The van der Waals surface area contributed by atoms with Gasteiger partial charge in [0.15, 0.2) is 0 Å². The first-order chi connectivity index (χ1) is 36.0. The van der Waals surface area contributed by atoms with Gasteiger partial charge in [0, 0.05) is 98.7 Å². The number of likely N-dealkylation sites (N-methyl/N-ethyl adjacent to an activating group) is 1. The summed E-state index contributed by atoms with van der Waals surface area (Å²) in [4.78, 5) is 87.3. The lowest BCUT2D eigenvalue weighted by molar-refractivity contribution is -0.155. The van der Waals surface area contributed by atoms with E-state index in [-0.39, 0.29) is 58.0 Å². The van der Waals surface area contributed by atoms with Crippen LogP contribution in [0.15, 0.2) is 35.8 Å². The van der Waals surface area contributed by atoms with Crippen LogP contribution in [-0.2, 0) is 52.8 Å². The van der Waals surface area contributed by atoms with E-state index in [2.05, 4.69) is 20.5 Å². The molecule has 1 aromatic carbocycles. The van der Waals surface area contributed by atoms with E-state index in [1.807, 2.05) is 40.0 Å². The summed E-state index contributed by atoms with van der Waals surface area (Å²) in [6, 6.07) is 3.94. The summed E-state index contributed by atoms with van der Waals surface area (Å²) in [7, 11) is 3.58. The van der Waals surface area contributed by atoms with Crippen molar-refractivity contribution >= 4 is 69.1 Å². The molecule has 5 aliphatic heterocycles. The van der Waals surface area contributed by atoms with Gasteiger partial charge in [-0.3, -0.25) is 34.0 Å². The number of piperazine rings is 1. The van der Waals surface area contributed by atoms with Crippen molar-refractivity contribution < 1.29 is 51.0 Å². The average molecular weight is 1100 g/mol. The van der Waals surface area contributed by atoms with Gasteiger partial charge >= 0.3 is 12.1 Å². The van der Waals surface area contributed by atoms with E-state index < -0.39 is 83.0 Å². The molecule has 0 aliphatic carbocycles. The number of carbonyl (C=O) groups is 5. The number of hydrazine groups is 1. The van der Waals surface area contributed by atoms with Crippen molar-refractivity contribution in [2.24, 2.45) is 16.7 Å². The van der Waals surface area contributed by atoms with Crippen LogP contribution in [-0.4, -0.2) is 167 Å². The Labute approximate surface area is 448 Å². The Kier molecular flexibility index (Phi) is 15.9. The molecule has 0 unspecified atom stereocenters. The Balaban J connectivity index is 1.12.